The Labute approximate surface area is 257 Å². The highest BCUT2D eigenvalue weighted by molar-refractivity contribution is 7.99. The van der Waals surface area contributed by atoms with Crippen LogP contribution in [0.25, 0.3) is 23.1 Å². The zero-order chi connectivity index (χ0) is 30.1. The number of fused-ring (bicyclic) bond motifs is 1. The van der Waals surface area contributed by atoms with Gasteiger partial charge in [-0.3, -0.25) is 4.79 Å². The summed E-state index contributed by atoms with van der Waals surface area (Å²) in [6.07, 6.45) is 8.68. The van der Waals surface area contributed by atoms with Crippen LogP contribution in [0.5, 0.6) is 0 Å². The lowest BCUT2D eigenvalue weighted by atomic mass is 9.89. The summed E-state index contributed by atoms with van der Waals surface area (Å²) in [5, 5.41) is 30.0. The molecule has 2 atom stereocenters. The molecule has 42 heavy (non-hydrogen) atoms. The second-order valence-electron chi connectivity index (χ2n) is 11.0. The third kappa shape index (κ3) is 9.43. The summed E-state index contributed by atoms with van der Waals surface area (Å²) in [5.41, 5.74) is 4.94. The molecule has 3 N–H and O–H groups in total. The number of carboxylic acid groups (broad SMARTS) is 1. The number of carboxylic acids is 1. The van der Waals surface area contributed by atoms with Gasteiger partial charge in [0.1, 0.15) is 5.60 Å². The zero-order valence-corrected chi connectivity index (χ0v) is 25.6. The standard InChI is InChI=1S/C33H34ClNO2S.C2H4O2/c1-33(37,22-36)30-8-3-2-6-25(30)14-18-32(38-21-24-9-10-24)27-7-4-5-23(19-27)11-16-29-17-13-26-12-15-28(34)20-31(26)35-29;1-2(3)4/h2-8,11-13,15-17,19-20,24,32,36-37H,9-10,14,18,21-22H2,1H3;1H3,(H,3,4)/b16-11+;/t32-,33+;/m1./s1. The molecule has 0 spiro atoms. The first-order valence-corrected chi connectivity index (χ1v) is 15.6. The molecule has 1 fully saturated rings. The van der Waals surface area contributed by atoms with Crippen molar-refractivity contribution in [3.8, 4) is 0 Å². The summed E-state index contributed by atoms with van der Waals surface area (Å²) >= 11 is 8.21. The predicted molar refractivity (Wildman–Crippen MR) is 175 cm³/mol. The Bertz CT molecular complexity index is 1530. The van der Waals surface area contributed by atoms with E-state index in [4.69, 9.17) is 26.5 Å². The fraction of sp³-hybridized carbons (Fsp3) is 0.314. The van der Waals surface area contributed by atoms with Crippen LogP contribution in [0.3, 0.4) is 0 Å². The van der Waals surface area contributed by atoms with E-state index < -0.39 is 11.6 Å². The van der Waals surface area contributed by atoms with E-state index in [1.807, 2.05) is 54.2 Å². The van der Waals surface area contributed by atoms with E-state index in [0.29, 0.717) is 10.3 Å². The van der Waals surface area contributed by atoms with Crippen molar-refractivity contribution in [2.24, 2.45) is 5.92 Å². The van der Waals surface area contributed by atoms with Crippen molar-refractivity contribution in [2.45, 2.75) is 50.4 Å². The van der Waals surface area contributed by atoms with Gasteiger partial charge in [-0.2, -0.15) is 11.8 Å². The number of aliphatic carboxylic acids is 1. The van der Waals surface area contributed by atoms with Gasteiger partial charge in [-0.15, -0.1) is 0 Å². The average molecular weight is 604 g/mol. The van der Waals surface area contributed by atoms with Crippen molar-refractivity contribution in [2.75, 3.05) is 12.4 Å². The normalized spacial score (nSPS) is 15.2. The quantitative estimate of drug-likeness (QED) is 0.160. The van der Waals surface area contributed by atoms with Crippen molar-refractivity contribution < 1.29 is 20.1 Å². The molecule has 0 aliphatic heterocycles. The van der Waals surface area contributed by atoms with Crippen LogP contribution >= 0.6 is 23.4 Å². The summed E-state index contributed by atoms with van der Waals surface area (Å²) in [6, 6.07) is 26.6. The fourth-order valence-electron chi connectivity index (χ4n) is 4.76. The number of hydrogen-bond donors (Lipinski definition) is 3. The molecule has 0 radical (unpaired) electrons. The molecule has 1 aromatic heterocycles. The highest BCUT2D eigenvalue weighted by Crippen LogP contribution is 2.41. The highest BCUT2D eigenvalue weighted by atomic mass is 35.5. The van der Waals surface area contributed by atoms with E-state index in [0.717, 1.165) is 59.0 Å². The molecule has 0 saturated heterocycles. The molecule has 0 amide bonds. The third-order valence-electron chi connectivity index (χ3n) is 7.22. The molecule has 1 aliphatic rings. The maximum absolute atomic E-state index is 10.7. The van der Waals surface area contributed by atoms with E-state index in [2.05, 4.69) is 48.6 Å². The van der Waals surface area contributed by atoms with Gasteiger partial charge in [0.05, 0.1) is 17.8 Å². The molecule has 1 saturated carbocycles. The minimum absolute atomic E-state index is 0.294. The second-order valence-corrected chi connectivity index (χ2v) is 12.7. The lowest BCUT2D eigenvalue weighted by Gasteiger charge is -2.25. The molecule has 5 rings (SSSR count). The first-order chi connectivity index (χ1) is 20.1. The van der Waals surface area contributed by atoms with Gasteiger partial charge in [0.15, 0.2) is 0 Å². The van der Waals surface area contributed by atoms with E-state index >= 15 is 0 Å². The Morgan fingerprint density at radius 1 is 1.07 bits per heavy atom. The summed E-state index contributed by atoms with van der Waals surface area (Å²) in [5.74, 6) is 1.20. The zero-order valence-electron chi connectivity index (χ0n) is 24.0. The minimum Gasteiger partial charge on any atom is -0.481 e. The SMILES string of the molecule is CC(=O)O.C[C@](O)(CO)c1ccccc1CC[C@@H](SCC1CC1)c1cccc(/C=C/c2ccc3ccc(Cl)cc3n2)c1. The summed E-state index contributed by atoms with van der Waals surface area (Å²) in [4.78, 5) is 13.7. The van der Waals surface area contributed by atoms with Crippen molar-refractivity contribution >= 4 is 52.4 Å². The van der Waals surface area contributed by atoms with Crippen LogP contribution in [-0.2, 0) is 16.8 Å². The van der Waals surface area contributed by atoms with Crippen LogP contribution in [-0.4, -0.2) is 38.6 Å². The lowest BCUT2D eigenvalue weighted by Crippen LogP contribution is -2.27. The Balaban J connectivity index is 0.000000952. The van der Waals surface area contributed by atoms with Crippen molar-refractivity contribution in [1.82, 2.24) is 4.98 Å². The number of aromatic nitrogens is 1. The monoisotopic (exact) mass is 603 g/mol. The van der Waals surface area contributed by atoms with E-state index in [1.54, 1.807) is 6.92 Å². The molecular weight excluding hydrogens is 566 g/mol. The Morgan fingerprint density at radius 2 is 1.81 bits per heavy atom. The lowest BCUT2D eigenvalue weighted by molar-refractivity contribution is -0.134. The van der Waals surface area contributed by atoms with Crippen molar-refractivity contribution in [1.29, 1.82) is 0 Å². The number of thioether (sulfide) groups is 1. The fourth-order valence-corrected chi connectivity index (χ4v) is 6.39. The van der Waals surface area contributed by atoms with Crippen LogP contribution in [0, 0.1) is 5.92 Å². The molecule has 1 aliphatic carbocycles. The van der Waals surface area contributed by atoms with Gasteiger partial charge in [-0.25, -0.2) is 4.98 Å². The van der Waals surface area contributed by atoms with Crippen LogP contribution in [0.15, 0.2) is 78.9 Å². The Hall–Kier alpha value is -3.16. The number of carbonyl (C=O) groups is 1. The number of nitrogens with zero attached hydrogens (tertiary/aromatic N) is 1. The molecule has 220 valence electrons. The minimum atomic E-state index is -1.24. The maximum atomic E-state index is 10.7. The second kappa shape index (κ2) is 14.8. The number of benzene rings is 3. The van der Waals surface area contributed by atoms with Crippen LogP contribution in [0.1, 0.15) is 66.3 Å². The van der Waals surface area contributed by atoms with Gasteiger partial charge in [-0.05, 0) is 90.8 Å². The Morgan fingerprint density at radius 3 is 2.55 bits per heavy atom. The van der Waals surface area contributed by atoms with Gasteiger partial charge < -0.3 is 15.3 Å². The molecule has 1 heterocycles. The van der Waals surface area contributed by atoms with E-state index in [1.165, 1.54) is 24.2 Å². The number of pyridine rings is 1. The topological polar surface area (TPSA) is 90.7 Å². The molecule has 7 heteroatoms. The van der Waals surface area contributed by atoms with Crippen LogP contribution < -0.4 is 0 Å². The number of hydrogen-bond acceptors (Lipinski definition) is 5. The van der Waals surface area contributed by atoms with Crippen molar-refractivity contribution in [3.63, 3.8) is 0 Å². The molecule has 0 unspecified atom stereocenters. The summed E-state index contributed by atoms with van der Waals surface area (Å²) in [7, 11) is 0. The smallest absolute Gasteiger partial charge is 0.300 e. The third-order valence-corrected chi connectivity index (χ3v) is 9.03. The van der Waals surface area contributed by atoms with Gasteiger partial charge >= 0.3 is 0 Å². The summed E-state index contributed by atoms with van der Waals surface area (Å²) < 4.78 is 0. The number of aliphatic hydroxyl groups is 2. The number of aliphatic hydroxyl groups excluding tert-OH is 1. The van der Waals surface area contributed by atoms with Crippen LogP contribution in [0.2, 0.25) is 5.02 Å². The largest absolute Gasteiger partial charge is 0.481 e. The molecule has 5 nitrogen and oxygen atoms in total. The molecule has 3 aromatic carbocycles. The van der Waals surface area contributed by atoms with E-state index in [9.17, 15) is 10.2 Å². The number of aryl methyl sites for hydroxylation is 1. The first-order valence-electron chi connectivity index (χ1n) is 14.2. The van der Waals surface area contributed by atoms with E-state index in [-0.39, 0.29) is 6.61 Å². The number of halogens is 1. The van der Waals surface area contributed by atoms with Gasteiger partial charge in [-0.1, -0.05) is 78.3 Å². The Kier molecular flexibility index (Phi) is 11.2. The highest BCUT2D eigenvalue weighted by Gasteiger charge is 2.26. The van der Waals surface area contributed by atoms with Gasteiger partial charge in [0.2, 0.25) is 0 Å². The van der Waals surface area contributed by atoms with Crippen LogP contribution in [0.4, 0.5) is 0 Å². The molecule has 0 bridgehead atoms. The predicted octanol–water partition coefficient (Wildman–Crippen LogP) is 8.17. The molecular formula is C35H38ClNO4S. The molecule has 4 aromatic rings. The van der Waals surface area contributed by atoms with Gasteiger partial charge in [0.25, 0.3) is 5.97 Å². The number of rotatable bonds is 11. The first kappa shape index (κ1) is 31.8. The van der Waals surface area contributed by atoms with Gasteiger partial charge in [0, 0.05) is 22.6 Å². The summed E-state index contributed by atoms with van der Waals surface area (Å²) in [6.45, 7) is 2.47. The average Bonchev–Trinajstić information content (AvgIpc) is 3.80. The van der Waals surface area contributed by atoms with Crippen molar-refractivity contribution in [3.05, 3.63) is 112 Å². The maximum Gasteiger partial charge on any atom is 0.300 e.